The Hall–Kier alpha value is -2.82. The molecule has 5 heteroatoms. The summed E-state index contributed by atoms with van der Waals surface area (Å²) >= 11 is 0. The number of hydrogen-bond donors (Lipinski definition) is 1. The van der Waals surface area contributed by atoms with Gasteiger partial charge in [0.05, 0.1) is 13.0 Å². The molecule has 2 atom stereocenters. The number of carbonyl (C=O) groups is 2. The Morgan fingerprint density at radius 2 is 1.93 bits per heavy atom. The zero-order valence-electron chi connectivity index (χ0n) is 17.6. The highest BCUT2D eigenvalue weighted by atomic mass is 16.5. The van der Waals surface area contributed by atoms with Crippen LogP contribution in [0, 0.1) is 12.8 Å². The third-order valence-electron chi connectivity index (χ3n) is 6.45. The fraction of sp³-hybridized carbons (Fsp3) is 0.417. The third kappa shape index (κ3) is 3.18. The lowest BCUT2D eigenvalue weighted by Gasteiger charge is -2.37. The summed E-state index contributed by atoms with van der Waals surface area (Å²) < 4.78 is 5.62. The van der Waals surface area contributed by atoms with E-state index in [9.17, 15) is 14.7 Å². The summed E-state index contributed by atoms with van der Waals surface area (Å²) in [6.45, 7) is 6.29. The van der Waals surface area contributed by atoms with Gasteiger partial charge in [-0.2, -0.15) is 0 Å². The van der Waals surface area contributed by atoms with Crippen molar-refractivity contribution in [3.05, 3.63) is 47.0 Å². The molecule has 1 aliphatic carbocycles. The number of fused-ring (bicyclic) bond motifs is 1. The average Bonchev–Trinajstić information content (AvgIpc) is 3.46. The standard InChI is InChI=1S/C24H27NO4/c1-13-8-19-20(25(4)22(26)12-24(19,2)3)11-15(13)17-9-14(6-7-21(17)29-5)16-10-18(16)23(27)28/h6-9,11,16,18H,10,12H2,1-5H3,(H,27,28). The number of methoxy groups -OCH3 is 1. The molecule has 0 radical (unpaired) electrons. The highest BCUT2D eigenvalue weighted by Gasteiger charge is 2.44. The lowest BCUT2D eigenvalue weighted by Crippen LogP contribution is -2.39. The van der Waals surface area contributed by atoms with Gasteiger partial charge in [0, 0.05) is 30.1 Å². The molecule has 2 aromatic rings. The summed E-state index contributed by atoms with van der Waals surface area (Å²) in [5.41, 5.74) is 5.96. The zero-order chi connectivity index (χ0) is 21.1. The largest absolute Gasteiger partial charge is 0.496 e. The molecule has 2 aromatic carbocycles. The van der Waals surface area contributed by atoms with Crippen molar-refractivity contribution in [3.8, 4) is 16.9 Å². The number of carboxylic acids is 1. The summed E-state index contributed by atoms with van der Waals surface area (Å²) in [4.78, 5) is 25.6. The first-order valence-corrected chi connectivity index (χ1v) is 9.97. The van der Waals surface area contributed by atoms with Crippen molar-refractivity contribution in [1.29, 1.82) is 0 Å². The second-order valence-electron chi connectivity index (χ2n) is 8.94. The average molecular weight is 393 g/mol. The molecule has 152 valence electrons. The fourth-order valence-electron chi connectivity index (χ4n) is 4.54. The van der Waals surface area contributed by atoms with Crippen LogP contribution < -0.4 is 9.64 Å². The van der Waals surface area contributed by atoms with Gasteiger partial charge in [-0.15, -0.1) is 0 Å². The SMILES string of the molecule is COc1ccc(C2CC2C(=O)O)cc1-c1cc2c(cc1C)C(C)(C)CC(=O)N2C. The number of ether oxygens (including phenoxy) is 1. The maximum absolute atomic E-state index is 12.5. The van der Waals surface area contributed by atoms with E-state index in [-0.39, 0.29) is 23.2 Å². The molecular formula is C24H27NO4. The molecule has 0 saturated heterocycles. The number of rotatable bonds is 4. The van der Waals surface area contributed by atoms with Crippen LogP contribution in [-0.2, 0) is 15.0 Å². The molecule has 0 spiro atoms. The van der Waals surface area contributed by atoms with Crippen molar-refractivity contribution in [2.24, 2.45) is 5.92 Å². The lowest BCUT2D eigenvalue weighted by molar-refractivity contribution is -0.138. The van der Waals surface area contributed by atoms with E-state index in [0.29, 0.717) is 12.8 Å². The molecule has 29 heavy (non-hydrogen) atoms. The van der Waals surface area contributed by atoms with Gasteiger partial charge in [0.2, 0.25) is 5.91 Å². The minimum Gasteiger partial charge on any atom is -0.496 e. The van der Waals surface area contributed by atoms with E-state index in [1.54, 1.807) is 12.0 Å². The third-order valence-corrected chi connectivity index (χ3v) is 6.45. The number of carbonyl (C=O) groups excluding carboxylic acids is 1. The predicted octanol–water partition coefficient (Wildman–Crippen LogP) is 4.50. The van der Waals surface area contributed by atoms with Crippen LogP contribution in [0.2, 0.25) is 0 Å². The van der Waals surface area contributed by atoms with E-state index in [2.05, 4.69) is 39.0 Å². The monoisotopic (exact) mass is 393 g/mol. The van der Waals surface area contributed by atoms with E-state index in [0.717, 1.165) is 33.7 Å². The summed E-state index contributed by atoms with van der Waals surface area (Å²) in [6, 6.07) is 10.2. The number of amides is 1. The second kappa shape index (κ2) is 6.61. The van der Waals surface area contributed by atoms with Gasteiger partial charge in [0.1, 0.15) is 5.75 Å². The summed E-state index contributed by atoms with van der Waals surface area (Å²) in [7, 11) is 3.47. The number of nitrogens with zero attached hydrogens (tertiary/aromatic N) is 1. The van der Waals surface area contributed by atoms with E-state index in [1.165, 1.54) is 5.56 Å². The molecule has 1 heterocycles. The van der Waals surface area contributed by atoms with Crippen molar-refractivity contribution >= 4 is 17.6 Å². The Kier molecular flexibility index (Phi) is 4.45. The van der Waals surface area contributed by atoms with E-state index >= 15 is 0 Å². The van der Waals surface area contributed by atoms with Crippen molar-refractivity contribution < 1.29 is 19.4 Å². The Balaban J connectivity index is 1.85. The molecule has 1 amide bonds. The van der Waals surface area contributed by atoms with Gasteiger partial charge >= 0.3 is 5.97 Å². The van der Waals surface area contributed by atoms with Crippen LogP contribution in [-0.4, -0.2) is 31.1 Å². The quantitative estimate of drug-likeness (QED) is 0.830. The molecule has 1 aliphatic heterocycles. The highest BCUT2D eigenvalue weighted by Crippen LogP contribution is 2.50. The van der Waals surface area contributed by atoms with Crippen LogP contribution in [0.5, 0.6) is 5.75 Å². The number of aliphatic carboxylic acids is 1. The van der Waals surface area contributed by atoms with Crippen molar-refractivity contribution in [2.45, 2.75) is 44.9 Å². The first-order valence-electron chi connectivity index (χ1n) is 9.97. The Morgan fingerprint density at radius 3 is 2.55 bits per heavy atom. The number of hydrogen-bond acceptors (Lipinski definition) is 3. The number of benzene rings is 2. The van der Waals surface area contributed by atoms with Gasteiger partial charge in [-0.1, -0.05) is 26.0 Å². The normalized spacial score (nSPS) is 22.2. The van der Waals surface area contributed by atoms with Crippen molar-refractivity contribution in [3.63, 3.8) is 0 Å². The smallest absolute Gasteiger partial charge is 0.307 e. The van der Waals surface area contributed by atoms with Crippen LogP contribution >= 0.6 is 0 Å². The Morgan fingerprint density at radius 1 is 1.21 bits per heavy atom. The molecule has 0 aromatic heterocycles. The minimum atomic E-state index is -0.736. The van der Waals surface area contributed by atoms with Crippen LogP contribution in [0.3, 0.4) is 0 Å². The molecule has 0 bridgehead atoms. The lowest BCUT2D eigenvalue weighted by atomic mass is 9.76. The molecule has 2 aliphatic rings. The molecule has 1 N–H and O–H groups in total. The maximum Gasteiger partial charge on any atom is 0.307 e. The van der Waals surface area contributed by atoms with Gasteiger partial charge in [-0.05, 0) is 59.7 Å². The van der Waals surface area contributed by atoms with Gasteiger partial charge in [-0.3, -0.25) is 9.59 Å². The number of aryl methyl sites for hydroxylation is 1. The van der Waals surface area contributed by atoms with Crippen LogP contribution in [0.25, 0.3) is 11.1 Å². The number of anilines is 1. The van der Waals surface area contributed by atoms with E-state index < -0.39 is 5.97 Å². The van der Waals surface area contributed by atoms with Gasteiger partial charge in [0.15, 0.2) is 0 Å². The molecule has 2 unspecified atom stereocenters. The predicted molar refractivity (Wildman–Crippen MR) is 113 cm³/mol. The first-order chi connectivity index (χ1) is 13.6. The molecule has 4 rings (SSSR count). The fourth-order valence-corrected chi connectivity index (χ4v) is 4.54. The minimum absolute atomic E-state index is 0.0540. The van der Waals surface area contributed by atoms with Crippen LogP contribution in [0.1, 0.15) is 49.3 Å². The summed E-state index contributed by atoms with van der Waals surface area (Å²) in [5, 5.41) is 9.29. The van der Waals surface area contributed by atoms with E-state index in [4.69, 9.17) is 4.74 Å². The molecule has 1 fully saturated rings. The van der Waals surface area contributed by atoms with Crippen molar-refractivity contribution in [1.82, 2.24) is 0 Å². The topological polar surface area (TPSA) is 66.8 Å². The van der Waals surface area contributed by atoms with Crippen LogP contribution in [0.15, 0.2) is 30.3 Å². The maximum atomic E-state index is 12.5. The first kappa shape index (κ1) is 19.5. The van der Waals surface area contributed by atoms with Gasteiger partial charge in [0.25, 0.3) is 0 Å². The second-order valence-corrected chi connectivity index (χ2v) is 8.94. The van der Waals surface area contributed by atoms with Crippen molar-refractivity contribution in [2.75, 3.05) is 19.1 Å². The summed E-state index contributed by atoms with van der Waals surface area (Å²) in [5.74, 6) is -0.128. The molecule has 1 saturated carbocycles. The Bertz CT molecular complexity index is 1020. The molecule has 5 nitrogen and oxygen atoms in total. The summed E-state index contributed by atoms with van der Waals surface area (Å²) in [6.07, 6.45) is 1.17. The highest BCUT2D eigenvalue weighted by molar-refractivity contribution is 5.98. The van der Waals surface area contributed by atoms with E-state index in [1.807, 2.05) is 19.2 Å². The van der Waals surface area contributed by atoms with Gasteiger partial charge < -0.3 is 14.7 Å². The molecular weight excluding hydrogens is 366 g/mol. The number of carboxylic acid groups (broad SMARTS) is 1. The van der Waals surface area contributed by atoms with Gasteiger partial charge in [-0.25, -0.2) is 0 Å². The van der Waals surface area contributed by atoms with Crippen LogP contribution in [0.4, 0.5) is 5.69 Å². The zero-order valence-corrected chi connectivity index (χ0v) is 17.6. The Labute approximate surface area is 171 Å².